The van der Waals surface area contributed by atoms with E-state index in [9.17, 15) is 22.8 Å². The maximum atomic E-state index is 12.3. The molecule has 0 saturated carbocycles. The van der Waals surface area contributed by atoms with Gasteiger partial charge in [0.2, 0.25) is 0 Å². The number of hydrogen-bond acceptors (Lipinski definition) is 4. The van der Waals surface area contributed by atoms with Gasteiger partial charge in [0.05, 0.1) is 10.9 Å². The lowest BCUT2D eigenvalue weighted by molar-refractivity contribution is -0.137. The molecular weight excluding hydrogens is 381 g/mol. The number of carboxylic acids is 1. The van der Waals surface area contributed by atoms with E-state index in [2.05, 4.69) is 0 Å². The van der Waals surface area contributed by atoms with Gasteiger partial charge in [0.15, 0.2) is 10.6 Å². The van der Waals surface area contributed by atoms with Gasteiger partial charge in [-0.2, -0.15) is 13.2 Å². The summed E-state index contributed by atoms with van der Waals surface area (Å²) in [4.78, 5) is 20.9. The molecule has 1 aromatic heterocycles. The van der Waals surface area contributed by atoms with Crippen LogP contribution in [-0.2, 0) is 11.0 Å². The first kappa shape index (κ1) is 21.0. The smallest absolute Gasteiger partial charge is 0.416 e. The van der Waals surface area contributed by atoms with Crippen molar-refractivity contribution >= 4 is 34.7 Å². The van der Waals surface area contributed by atoms with E-state index in [4.69, 9.17) is 21.4 Å². The molecule has 0 radical (unpaired) electrons. The van der Waals surface area contributed by atoms with E-state index in [0.29, 0.717) is 0 Å². The van der Waals surface area contributed by atoms with E-state index >= 15 is 0 Å². The van der Waals surface area contributed by atoms with Crippen LogP contribution in [0.2, 0.25) is 0 Å². The third kappa shape index (κ3) is 6.75. The van der Waals surface area contributed by atoms with Gasteiger partial charge in [-0.1, -0.05) is 0 Å². The third-order valence-corrected chi connectivity index (χ3v) is 3.98. The molecule has 1 unspecified atom stereocenters. The van der Waals surface area contributed by atoms with Gasteiger partial charge in [-0.25, -0.2) is 4.79 Å². The number of benzene rings is 1. The molecule has 0 amide bonds. The highest BCUT2D eigenvalue weighted by Crippen LogP contribution is 2.33. The van der Waals surface area contributed by atoms with Gasteiger partial charge in [-0.05, 0) is 49.6 Å². The lowest BCUT2D eigenvalue weighted by Crippen LogP contribution is -2.04. The van der Waals surface area contributed by atoms with E-state index in [-0.39, 0.29) is 27.5 Å². The predicted octanol–water partition coefficient (Wildman–Crippen LogP) is 5.46. The standard InChI is InChI=1S/C12H7F3O3S.C4H7ClO/c13-12(14,15)7-1-3-8(4-2-7)18-9-5-6-19-10(9)11(16)17;1-3(5)4(2)6/h1-6H,(H,16,17);3H,1-2H3. The van der Waals surface area contributed by atoms with Gasteiger partial charge in [0.1, 0.15) is 11.5 Å². The Bertz CT molecular complexity index is 724. The summed E-state index contributed by atoms with van der Waals surface area (Å²) in [7, 11) is 0. The lowest BCUT2D eigenvalue weighted by atomic mass is 10.2. The number of ketones is 1. The SMILES string of the molecule is CC(=O)C(C)Cl.O=C(O)c1sccc1Oc1ccc(C(F)(F)F)cc1. The molecule has 4 nitrogen and oxygen atoms in total. The zero-order valence-corrected chi connectivity index (χ0v) is 14.7. The van der Waals surface area contributed by atoms with Gasteiger partial charge in [-0.3, -0.25) is 4.79 Å². The molecule has 1 heterocycles. The van der Waals surface area contributed by atoms with Crippen molar-refractivity contribution in [2.75, 3.05) is 0 Å². The maximum Gasteiger partial charge on any atom is 0.416 e. The summed E-state index contributed by atoms with van der Waals surface area (Å²) < 4.78 is 42.3. The molecule has 0 bridgehead atoms. The number of alkyl halides is 4. The Balaban J connectivity index is 0.000000450. The number of hydrogen-bond donors (Lipinski definition) is 1. The van der Waals surface area contributed by atoms with Crippen LogP contribution in [0.1, 0.15) is 29.1 Å². The summed E-state index contributed by atoms with van der Waals surface area (Å²) in [5.74, 6) is -0.861. The van der Waals surface area contributed by atoms with Crippen molar-refractivity contribution in [3.63, 3.8) is 0 Å². The number of halogens is 4. The fourth-order valence-electron chi connectivity index (χ4n) is 1.37. The second-order valence-electron chi connectivity index (χ2n) is 4.77. The summed E-state index contributed by atoms with van der Waals surface area (Å²) in [5, 5.41) is 10.1. The minimum Gasteiger partial charge on any atom is -0.477 e. The molecule has 0 aliphatic carbocycles. The number of carbonyl (C=O) groups excluding carboxylic acids is 1. The molecule has 0 aliphatic rings. The number of thiophene rings is 1. The van der Waals surface area contributed by atoms with Crippen LogP contribution in [0.25, 0.3) is 0 Å². The summed E-state index contributed by atoms with van der Waals surface area (Å²) in [6, 6.07) is 5.49. The Morgan fingerprint density at radius 1 is 1.20 bits per heavy atom. The topological polar surface area (TPSA) is 63.6 Å². The van der Waals surface area contributed by atoms with E-state index in [1.807, 2.05) is 0 Å². The number of carboxylic acid groups (broad SMARTS) is 1. The van der Waals surface area contributed by atoms with Gasteiger partial charge in [-0.15, -0.1) is 22.9 Å². The predicted molar refractivity (Wildman–Crippen MR) is 88.8 cm³/mol. The normalized spacial score (nSPS) is 11.9. The quantitative estimate of drug-likeness (QED) is 0.699. The number of rotatable bonds is 4. The van der Waals surface area contributed by atoms with Crippen molar-refractivity contribution in [2.45, 2.75) is 25.4 Å². The fourth-order valence-corrected chi connectivity index (χ4v) is 2.03. The van der Waals surface area contributed by atoms with E-state index in [0.717, 1.165) is 35.6 Å². The molecule has 1 aromatic carbocycles. The first-order valence-corrected chi connectivity index (χ1v) is 8.14. The summed E-state index contributed by atoms with van der Waals surface area (Å²) in [6.07, 6.45) is -4.41. The zero-order chi connectivity index (χ0) is 19.2. The second kappa shape index (κ2) is 8.87. The largest absolute Gasteiger partial charge is 0.477 e. The van der Waals surface area contributed by atoms with Gasteiger partial charge in [0, 0.05) is 0 Å². The molecule has 9 heteroatoms. The van der Waals surface area contributed by atoms with Crippen LogP contribution in [0, 0.1) is 0 Å². The van der Waals surface area contributed by atoms with Crippen molar-refractivity contribution in [1.29, 1.82) is 0 Å². The Morgan fingerprint density at radius 2 is 1.72 bits per heavy atom. The van der Waals surface area contributed by atoms with Crippen LogP contribution in [0.15, 0.2) is 35.7 Å². The van der Waals surface area contributed by atoms with Crippen LogP contribution in [-0.4, -0.2) is 22.2 Å². The third-order valence-electron chi connectivity index (χ3n) is 2.79. The molecule has 0 saturated heterocycles. The molecular formula is C16H14ClF3O4S. The molecule has 1 N–H and O–H groups in total. The second-order valence-corrected chi connectivity index (χ2v) is 6.34. The number of carbonyl (C=O) groups is 2. The van der Waals surface area contributed by atoms with Gasteiger partial charge in [0.25, 0.3) is 0 Å². The lowest BCUT2D eigenvalue weighted by Gasteiger charge is -2.08. The highest BCUT2D eigenvalue weighted by atomic mass is 35.5. The molecule has 136 valence electrons. The Hall–Kier alpha value is -2.06. The van der Waals surface area contributed by atoms with Crippen molar-refractivity contribution in [1.82, 2.24) is 0 Å². The molecule has 0 spiro atoms. The first-order valence-electron chi connectivity index (χ1n) is 6.82. The number of aromatic carboxylic acids is 1. The van der Waals surface area contributed by atoms with E-state index in [1.54, 1.807) is 6.92 Å². The molecule has 1 atom stereocenters. The summed E-state index contributed by atoms with van der Waals surface area (Å²) in [5.41, 5.74) is -0.788. The van der Waals surface area contributed by atoms with Crippen LogP contribution in [0.4, 0.5) is 13.2 Å². The summed E-state index contributed by atoms with van der Waals surface area (Å²) in [6.45, 7) is 3.13. The molecule has 0 aliphatic heterocycles. The average Bonchev–Trinajstić information content (AvgIpc) is 2.95. The highest BCUT2D eigenvalue weighted by Gasteiger charge is 2.30. The monoisotopic (exact) mass is 394 g/mol. The minimum absolute atomic E-state index is 0.0000945. The molecule has 2 rings (SSSR count). The van der Waals surface area contributed by atoms with Crippen LogP contribution in [0.5, 0.6) is 11.5 Å². The van der Waals surface area contributed by atoms with Crippen molar-refractivity contribution in [3.05, 3.63) is 46.2 Å². The Kier molecular flexibility index (Phi) is 7.44. The van der Waals surface area contributed by atoms with E-state index in [1.165, 1.54) is 18.4 Å². The van der Waals surface area contributed by atoms with Crippen molar-refractivity contribution in [3.8, 4) is 11.5 Å². The average molecular weight is 395 g/mol. The number of ether oxygens (including phenoxy) is 1. The zero-order valence-electron chi connectivity index (χ0n) is 13.1. The minimum atomic E-state index is -4.41. The van der Waals surface area contributed by atoms with Gasteiger partial charge < -0.3 is 9.84 Å². The van der Waals surface area contributed by atoms with Gasteiger partial charge >= 0.3 is 12.1 Å². The highest BCUT2D eigenvalue weighted by molar-refractivity contribution is 7.12. The summed E-state index contributed by atoms with van der Waals surface area (Å²) >= 11 is 6.24. The Morgan fingerprint density at radius 3 is 2.12 bits per heavy atom. The fraction of sp³-hybridized carbons (Fsp3) is 0.250. The Labute approximate surface area is 150 Å². The van der Waals surface area contributed by atoms with Crippen molar-refractivity contribution in [2.24, 2.45) is 0 Å². The molecule has 2 aromatic rings. The van der Waals surface area contributed by atoms with Crippen molar-refractivity contribution < 1.29 is 32.6 Å². The maximum absolute atomic E-state index is 12.3. The molecule has 0 fully saturated rings. The van der Waals surface area contributed by atoms with E-state index < -0.39 is 17.7 Å². The first-order chi connectivity index (χ1) is 11.5. The number of Topliss-reactive ketones (excluding diaryl/α,β-unsaturated/α-hetero) is 1. The van der Waals surface area contributed by atoms with Crippen LogP contribution >= 0.6 is 22.9 Å². The molecule has 25 heavy (non-hydrogen) atoms. The van der Waals surface area contributed by atoms with Crippen LogP contribution in [0.3, 0.4) is 0 Å². The van der Waals surface area contributed by atoms with Crippen LogP contribution < -0.4 is 4.74 Å².